The quantitative estimate of drug-likeness (QED) is 0.913. The highest BCUT2D eigenvalue weighted by molar-refractivity contribution is 5.67. The van der Waals surface area contributed by atoms with Gasteiger partial charge in [-0.1, -0.05) is 12.1 Å². The predicted octanol–water partition coefficient (Wildman–Crippen LogP) is 2.79. The number of likely N-dealkylation sites (N-methyl/N-ethyl adjacent to an activating group) is 1. The number of benzene rings is 1. The molecule has 0 saturated carbocycles. The van der Waals surface area contributed by atoms with Crippen LogP contribution < -0.4 is 10.2 Å². The smallest absolute Gasteiger partial charge is 0.407 e. The number of alkyl carbamates (subject to hydrolysis) is 1. The molecule has 0 bridgehead atoms. The van der Waals surface area contributed by atoms with Gasteiger partial charge in [-0.2, -0.15) is 0 Å². The van der Waals surface area contributed by atoms with E-state index in [2.05, 4.69) is 5.32 Å². The standard InChI is InChI=1S/C14H21FN2O2/c1-14(2,3)19-13(18)16-9-10-17(4)12-8-6-5-7-11(12)15/h5-8H,9-10H2,1-4H3,(H,16,18). The van der Waals surface area contributed by atoms with E-state index in [1.54, 1.807) is 50.9 Å². The Morgan fingerprint density at radius 1 is 1.37 bits per heavy atom. The second kappa shape index (κ2) is 6.41. The summed E-state index contributed by atoms with van der Waals surface area (Å²) in [7, 11) is 1.77. The Morgan fingerprint density at radius 3 is 2.58 bits per heavy atom. The molecule has 1 N–H and O–H groups in total. The van der Waals surface area contributed by atoms with Crippen molar-refractivity contribution in [3.63, 3.8) is 0 Å². The molecule has 0 fully saturated rings. The van der Waals surface area contributed by atoms with Crippen molar-refractivity contribution in [3.8, 4) is 0 Å². The van der Waals surface area contributed by atoms with E-state index in [0.717, 1.165) is 0 Å². The number of nitrogens with one attached hydrogen (secondary N) is 1. The first-order valence-corrected chi connectivity index (χ1v) is 6.22. The number of carbonyl (C=O) groups excluding carboxylic acids is 1. The molecule has 0 unspecified atom stereocenters. The highest BCUT2D eigenvalue weighted by atomic mass is 19.1. The lowest BCUT2D eigenvalue weighted by Gasteiger charge is -2.22. The van der Waals surface area contributed by atoms with Crippen LogP contribution in [0.4, 0.5) is 14.9 Å². The fraction of sp³-hybridized carbons (Fsp3) is 0.500. The number of hydrogen-bond acceptors (Lipinski definition) is 3. The van der Waals surface area contributed by atoms with Gasteiger partial charge in [0.05, 0.1) is 5.69 Å². The lowest BCUT2D eigenvalue weighted by atomic mass is 10.2. The van der Waals surface area contributed by atoms with E-state index in [4.69, 9.17) is 4.74 Å². The van der Waals surface area contributed by atoms with Gasteiger partial charge in [0, 0.05) is 20.1 Å². The summed E-state index contributed by atoms with van der Waals surface area (Å²) in [6, 6.07) is 6.53. The van der Waals surface area contributed by atoms with Gasteiger partial charge in [-0.3, -0.25) is 0 Å². The zero-order valence-electron chi connectivity index (χ0n) is 11.9. The summed E-state index contributed by atoms with van der Waals surface area (Å²) in [5, 5.41) is 2.63. The van der Waals surface area contributed by atoms with E-state index in [0.29, 0.717) is 18.8 Å². The normalized spacial score (nSPS) is 11.0. The van der Waals surface area contributed by atoms with E-state index in [1.165, 1.54) is 6.07 Å². The fourth-order valence-electron chi connectivity index (χ4n) is 1.52. The molecule has 0 saturated heterocycles. The van der Waals surface area contributed by atoms with Crippen LogP contribution in [0.5, 0.6) is 0 Å². The van der Waals surface area contributed by atoms with Gasteiger partial charge in [0.25, 0.3) is 0 Å². The van der Waals surface area contributed by atoms with E-state index in [9.17, 15) is 9.18 Å². The van der Waals surface area contributed by atoms with E-state index < -0.39 is 11.7 Å². The molecule has 1 aromatic rings. The van der Waals surface area contributed by atoms with E-state index in [-0.39, 0.29) is 5.82 Å². The van der Waals surface area contributed by atoms with Crippen molar-refractivity contribution < 1.29 is 13.9 Å². The molecule has 0 atom stereocenters. The Kier molecular flexibility index (Phi) is 5.15. The van der Waals surface area contributed by atoms with Crippen molar-refractivity contribution in [2.45, 2.75) is 26.4 Å². The maximum Gasteiger partial charge on any atom is 0.407 e. The van der Waals surface area contributed by atoms with Gasteiger partial charge in [0.2, 0.25) is 0 Å². The van der Waals surface area contributed by atoms with Crippen LogP contribution in [0.2, 0.25) is 0 Å². The van der Waals surface area contributed by atoms with E-state index in [1.807, 2.05) is 0 Å². The Balaban J connectivity index is 2.38. The number of ether oxygens (including phenoxy) is 1. The third-order valence-corrected chi connectivity index (χ3v) is 2.38. The van der Waals surface area contributed by atoms with Gasteiger partial charge in [-0.25, -0.2) is 9.18 Å². The van der Waals surface area contributed by atoms with Gasteiger partial charge in [0.1, 0.15) is 11.4 Å². The average molecular weight is 268 g/mol. The zero-order chi connectivity index (χ0) is 14.5. The lowest BCUT2D eigenvalue weighted by molar-refractivity contribution is 0.0529. The summed E-state index contributed by atoms with van der Waals surface area (Å²) < 4.78 is 18.6. The molecule has 0 heterocycles. The Morgan fingerprint density at radius 2 is 2.00 bits per heavy atom. The second-order valence-corrected chi connectivity index (χ2v) is 5.30. The molecule has 0 aliphatic carbocycles. The predicted molar refractivity (Wildman–Crippen MR) is 73.9 cm³/mol. The summed E-state index contributed by atoms with van der Waals surface area (Å²) in [6.07, 6.45) is -0.463. The van der Waals surface area contributed by atoms with Crippen LogP contribution in [0, 0.1) is 5.82 Å². The van der Waals surface area contributed by atoms with Crippen molar-refractivity contribution >= 4 is 11.8 Å². The molecule has 0 radical (unpaired) electrons. The molecule has 0 spiro atoms. The highest BCUT2D eigenvalue weighted by Gasteiger charge is 2.15. The van der Waals surface area contributed by atoms with Gasteiger partial charge in [-0.05, 0) is 32.9 Å². The molecular formula is C14H21FN2O2. The number of hydrogen-bond donors (Lipinski definition) is 1. The van der Waals surface area contributed by atoms with Crippen LogP contribution in [-0.4, -0.2) is 31.8 Å². The van der Waals surface area contributed by atoms with Crippen molar-refractivity contribution in [1.29, 1.82) is 0 Å². The number of para-hydroxylation sites is 1. The van der Waals surface area contributed by atoms with Crippen LogP contribution in [0.3, 0.4) is 0 Å². The van der Waals surface area contributed by atoms with Gasteiger partial charge in [-0.15, -0.1) is 0 Å². The number of amides is 1. The zero-order valence-corrected chi connectivity index (χ0v) is 11.9. The molecule has 0 aromatic heterocycles. The molecule has 1 aromatic carbocycles. The van der Waals surface area contributed by atoms with Crippen LogP contribution in [0.25, 0.3) is 0 Å². The third kappa shape index (κ3) is 5.59. The molecule has 0 aliphatic rings. The maximum atomic E-state index is 13.5. The number of nitrogens with zero attached hydrogens (tertiary/aromatic N) is 1. The SMILES string of the molecule is CN(CCNC(=O)OC(C)(C)C)c1ccccc1F. The van der Waals surface area contributed by atoms with Crippen LogP contribution in [-0.2, 0) is 4.74 Å². The second-order valence-electron chi connectivity index (χ2n) is 5.30. The summed E-state index contributed by atoms with van der Waals surface area (Å²) in [5.41, 5.74) is -0.00452. The molecule has 1 rings (SSSR count). The third-order valence-electron chi connectivity index (χ3n) is 2.38. The van der Waals surface area contributed by atoms with Gasteiger partial charge < -0.3 is 15.0 Å². The van der Waals surface area contributed by atoms with Crippen LogP contribution in [0.15, 0.2) is 24.3 Å². The highest BCUT2D eigenvalue weighted by Crippen LogP contribution is 2.16. The van der Waals surface area contributed by atoms with Crippen molar-refractivity contribution in [3.05, 3.63) is 30.1 Å². The minimum atomic E-state index is -0.512. The van der Waals surface area contributed by atoms with Gasteiger partial charge in [0.15, 0.2) is 0 Å². The average Bonchev–Trinajstić information content (AvgIpc) is 2.26. The molecule has 19 heavy (non-hydrogen) atoms. The maximum absolute atomic E-state index is 13.5. The summed E-state index contributed by atoms with van der Waals surface area (Å²) >= 11 is 0. The Bertz CT molecular complexity index is 430. The minimum absolute atomic E-state index is 0.276. The number of rotatable bonds is 4. The van der Waals surface area contributed by atoms with Crippen molar-refractivity contribution in [2.24, 2.45) is 0 Å². The van der Waals surface area contributed by atoms with Crippen molar-refractivity contribution in [1.82, 2.24) is 5.32 Å². The largest absolute Gasteiger partial charge is 0.444 e. The molecule has 4 nitrogen and oxygen atoms in total. The summed E-state index contributed by atoms with van der Waals surface area (Å²) in [4.78, 5) is 13.2. The Labute approximate surface area is 113 Å². The molecule has 106 valence electrons. The fourth-order valence-corrected chi connectivity index (χ4v) is 1.52. The number of halogens is 1. The Hall–Kier alpha value is -1.78. The first-order chi connectivity index (χ1) is 8.79. The monoisotopic (exact) mass is 268 g/mol. The molecule has 1 amide bonds. The lowest BCUT2D eigenvalue weighted by Crippen LogP contribution is -2.37. The first-order valence-electron chi connectivity index (χ1n) is 6.22. The first kappa shape index (κ1) is 15.3. The van der Waals surface area contributed by atoms with Gasteiger partial charge >= 0.3 is 6.09 Å². The topological polar surface area (TPSA) is 41.6 Å². The minimum Gasteiger partial charge on any atom is -0.444 e. The molecule has 0 aliphatic heterocycles. The number of anilines is 1. The molecular weight excluding hydrogens is 247 g/mol. The van der Waals surface area contributed by atoms with Crippen molar-refractivity contribution in [2.75, 3.05) is 25.0 Å². The number of carbonyl (C=O) groups is 1. The van der Waals surface area contributed by atoms with Crippen LogP contribution in [0.1, 0.15) is 20.8 Å². The van der Waals surface area contributed by atoms with E-state index >= 15 is 0 Å². The van der Waals surface area contributed by atoms with Crippen LogP contribution >= 0.6 is 0 Å². The summed E-state index contributed by atoms with van der Waals surface area (Å²) in [6.45, 7) is 6.30. The summed E-state index contributed by atoms with van der Waals surface area (Å²) in [5.74, 6) is -0.276. The molecule has 5 heteroatoms.